The van der Waals surface area contributed by atoms with Gasteiger partial charge in [-0.2, -0.15) is 0 Å². The first-order chi connectivity index (χ1) is 15.1. The number of amides is 2. The van der Waals surface area contributed by atoms with Crippen LogP contribution in [0.2, 0.25) is 0 Å². The van der Waals surface area contributed by atoms with Crippen LogP contribution in [0.1, 0.15) is 40.9 Å². The molecule has 1 unspecified atom stereocenters. The molecule has 0 radical (unpaired) electrons. The second-order valence-corrected chi connectivity index (χ2v) is 6.94. The summed E-state index contributed by atoms with van der Waals surface area (Å²) >= 11 is 0. The summed E-state index contributed by atoms with van der Waals surface area (Å²) in [7, 11) is 0. The van der Waals surface area contributed by atoms with Crippen LogP contribution in [0.4, 0.5) is 5.69 Å². The molecule has 160 valence electrons. The zero-order chi connectivity index (χ0) is 22.1. The molecule has 2 amide bonds. The molecule has 31 heavy (non-hydrogen) atoms. The zero-order valence-corrected chi connectivity index (χ0v) is 17.4. The SMILES string of the molecule is CCOc1ccccc1CNC(=O)CC(N)c1ccc(C(=O)Nc2ccncc2)cc1. The van der Waals surface area contributed by atoms with Crippen molar-refractivity contribution in [3.8, 4) is 5.75 Å². The van der Waals surface area contributed by atoms with Crippen molar-refractivity contribution in [1.29, 1.82) is 0 Å². The Morgan fingerprint density at radius 2 is 1.74 bits per heavy atom. The van der Waals surface area contributed by atoms with Gasteiger partial charge in [-0.3, -0.25) is 14.6 Å². The molecule has 1 aromatic heterocycles. The third kappa shape index (κ3) is 6.38. The van der Waals surface area contributed by atoms with Crippen molar-refractivity contribution in [2.45, 2.75) is 25.9 Å². The largest absolute Gasteiger partial charge is 0.494 e. The Kier molecular flexibility index (Phi) is 7.73. The number of hydrogen-bond donors (Lipinski definition) is 3. The van der Waals surface area contributed by atoms with E-state index in [1.807, 2.05) is 31.2 Å². The van der Waals surface area contributed by atoms with Crippen LogP contribution in [0.15, 0.2) is 73.1 Å². The summed E-state index contributed by atoms with van der Waals surface area (Å²) in [6, 6.07) is 17.5. The summed E-state index contributed by atoms with van der Waals surface area (Å²) in [5.41, 5.74) is 9.07. The van der Waals surface area contributed by atoms with Gasteiger partial charge in [0.15, 0.2) is 0 Å². The number of carbonyl (C=O) groups excluding carboxylic acids is 2. The van der Waals surface area contributed by atoms with E-state index in [-0.39, 0.29) is 18.2 Å². The summed E-state index contributed by atoms with van der Waals surface area (Å²) in [4.78, 5) is 28.6. The third-order valence-corrected chi connectivity index (χ3v) is 4.69. The lowest BCUT2D eigenvalue weighted by molar-refractivity contribution is -0.121. The molecule has 3 aromatic rings. The van der Waals surface area contributed by atoms with E-state index in [2.05, 4.69) is 15.6 Å². The fourth-order valence-corrected chi connectivity index (χ4v) is 3.05. The van der Waals surface area contributed by atoms with Crippen LogP contribution < -0.4 is 21.1 Å². The van der Waals surface area contributed by atoms with Crippen LogP contribution in [-0.4, -0.2) is 23.4 Å². The Morgan fingerprint density at radius 1 is 1.03 bits per heavy atom. The van der Waals surface area contributed by atoms with E-state index < -0.39 is 6.04 Å². The molecule has 2 aromatic carbocycles. The van der Waals surface area contributed by atoms with Gasteiger partial charge in [0.1, 0.15) is 5.75 Å². The maximum Gasteiger partial charge on any atom is 0.255 e. The Bertz CT molecular complexity index is 1010. The van der Waals surface area contributed by atoms with Crippen LogP contribution in [0.25, 0.3) is 0 Å². The molecule has 4 N–H and O–H groups in total. The van der Waals surface area contributed by atoms with Gasteiger partial charge in [-0.1, -0.05) is 30.3 Å². The van der Waals surface area contributed by atoms with Gasteiger partial charge in [-0.15, -0.1) is 0 Å². The smallest absolute Gasteiger partial charge is 0.255 e. The Hall–Kier alpha value is -3.71. The van der Waals surface area contributed by atoms with E-state index in [1.54, 1.807) is 48.8 Å². The molecule has 0 fully saturated rings. The van der Waals surface area contributed by atoms with Crippen molar-refractivity contribution >= 4 is 17.5 Å². The van der Waals surface area contributed by atoms with Gasteiger partial charge in [-0.05, 0) is 42.8 Å². The number of para-hydroxylation sites is 1. The number of carbonyl (C=O) groups is 2. The van der Waals surface area contributed by atoms with Crippen molar-refractivity contribution in [1.82, 2.24) is 10.3 Å². The third-order valence-electron chi connectivity index (χ3n) is 4.69. The number of ether oxygens (including phenoxy) is 1. The molecule has 0 saturated carbocycles. The lowest BCUT2D eigenvalue weighted by Gasteiger charge is -2.14. The quantitative estimate of drug-likeness (QED) is 0.494. The van der Waals surface area contributed by atoms with E-state index >= 15 is 0 Å². The number of aromatic nitrogens is 1. The van der Waals surface area contributed by atoms with E-state index in [1.165, 1.54) is 0 Å². The van der Waals surface area contributed by atoms with E-state index in [0.717, 1.165) is 16.9 Å². The van der Waals surface area contributed by atoms with Gasteiger partial charge < -0.3 is 21.1 Å². The summed E-state index contributed by atoms with van der Waals surface area (Å²) in [5, 5.41) is 5.69. The molecule has 0 spiro atoms. The second-order valence-electron chi connectivity index (χ2n) is 6.94. The fourth-order valence-electron chi connectivity index (χ4n) is 3.05. The Morgan fingerprint density at radius 3 is 2.45 bits per heavy atom. The molecule has 0 saturated heterocycles. The Labute approximate surface area is 181 Å². The monoisotopic (exact) mass is 418 g/mol. The molecule has 7 nitrogen and oxygen atoms in total. The topological polar surface area (TPSA) is 106 Å². The van der Waals surface area contributed by atoms with Crippen molar-refractivity contribution in [2.75, 3.05) is 11.9 Å². The van der Waals surface area contributed by atoms with Gasteiger partial charge in [0.2, 0.25) is 5.91 Å². The number of hydrogen-bond acceptors (Lipinski definition) is 5. The Balaban J connectivity index is 1.52. The van der Waals surface area contributed by atoms with E-state index in [4.69, 9.17) is 10.5 Å². The molecular formula is C24H26N4O3. The summed E-state index contributed by atoms with van der Waals surface area (Å²) < 4.78 is 5.58. The summed E-state index contributed by atoms with van der Waals surface area (Å²) in [6.07, 6.45) is 3.36. The predicted molar refractivity (Wildman–Crippen MR) is 120 cm³/mol. The highest BCUT2D eigenvalue weighted by atomic mass is 16.5. The molecule has 7 heteroatoms. The van der Waals surface area contributed by atoms with Gasteiger partial charge in [0, 0.05) is 48.2 Å². The van der Waals surface area contributed by atoms with Gasteiger partial charge in [0.25, 0.3) is 5.91 Å². The molecule has 1 atom stereocenters. The maximum atomic E-state index is 12.3. The molecular weight excluding hydrogens is 392 g/mol. The van der Waals surface area contributed by atoms with Gasteiger partial charge in [0.05, 0.1) is 6.61 Å². The first-order valence-corrected chi connectivity index (χ1v) is 10.1. The minimum atomic E-state index is -0.473. The summed E-state index contributed by atoms with van der Waals surface area (Å²) in [5.74, 6) is 0.380. The molecule has 3 rings (SSSR count). The maximum absolute atomic E-state index is 12.3. The van der Waals surface area contributed by atoms with Gasteiger partial charge >= 0.3 is 0 Å². The zero-order valence-electron chi connectivity index (χ0n) is 17.4. The van der Waals surface area contributed by atoms with Crippen LogP contribution in [0, 0.1) is 0 Å². The molecule has 0 aliphatic carbocycles. The van der Waals surface area contributed by atoms with E-state index in [9.17, 15) is 9.59 Å². The van der Waals surface area contributed by atoms with Crippen LogP contribution in [0.5, 0.6) is 5.75 Å². The number of nitrogens with zero attached hydrogens (tertiary/aromatic N) is 1. The standard InChI is InChI=1S/C24H26N4O3/c1-2-31-22-6-4-3-5-19(22)16-27-23(29)15-21(25)17-7-9-18(10-8-17)24(30)28-20-11-13-26-14-12-20/h3-14,21H,2,15-16,25H2,1H3,(H,27,29)(H,26,28,30). The average Bonchev–Trinajstić information content (AvgIpc) is 2.79. The highest BCUT2D eigenvalue weighted by molar-refractivity contribution is 6.04. The number of nitrogens with one attached hydrogen (secondary N) is 2. The van der Waals surface area contributed by atoms with Crippen molar-refractivity contribution < 1.29 is 14.3 Å². The number of pyridine rings is 1. The van der Waals surface area contributed by atoms with E-state index in [0.29, 0.717) is 24.4 Å². The van der Waals surface area contributed by atoms with Crippen LogP contribution in [0.3, 0.4) is 0 Å². The number of nitrogens with two attached hydrogens (primary N) is 1. The highest BCUT2D eigenvalue weighted by Gasteiger charge is 2.14. The fraction of sp³-hybridized carbons (Fsp3) is 0.208. The van der Waals surface area contributed by atoms with Crippen molar-refractivity contribution in [3.05, 3.63) is 89.7 Å². The lowest BCUT2D eigenvalue weighted by atomic mass is 10.0. The minimum Gasteiger partial charge on any atom is -0.494 e. The van der Waals surface area contributed by atoms with Crippen LogP contribution in [-0.2, 0) is 11.3 Å². The molecule has 0 bridgehead atoms. The number of benzene rings is 2. The molecule has 0 aliphatic heterocycles. The second kappa shape index (κ2) is 10.9. The van der Waals surface area contributed by atoms with Gasteiger partial charge in [-0.25, -0.2) is 0 Å². The van der Waals surface area contributed by atoms with Crippen LogP contribution >= 0.6 is 0 Å². The number of rotatable bonds is 9. The first kappa shape index (κ1) is 22.0. The lowest BCUT2D eigenvalue weighted by Crippen LogP contribution is -2.27. The van der Waals surface area contributed by atoms with Crippen molar-refractivity contribution in [3.63, 3.8) is 0 Å². The number of anilines is 1. The minimum absolute atomic E-state index is 0.138. The predicted octanol–water partition coefficient (Wildman–Crippen LogP) is 3.44. The first-order valence-electron chi connectivity index (χ1n) is 10.1. The molecule has 0 aliphatic rings. The highest BCUT2D eigenvalue weighted by Crippen LogP contribution is 2.19. The summed E-state index contributed by atoms with van der Waals surface area (Å²) in [6.45, 7) is 2.85. The van der Waals surface area contributed by atoms with Crippen molar-refractivity contribution in [2.24, 2.45) is 5.73 Å². The normalized spacial score (nSPS) is 11.4. The molecule has 1 heterocycles. The average molecular weight is 418 g/mol.